The molecule has 0 aromatic carbocycles. The van der Waals surface area contributed by atoms with Crippen LogP contribution in [0.5, 0.6) is 6.01 Å². The Morgan fingerprint density at radius 3 is 2.41 bits per heavy atom. The number of pyridine rings is 1. The van der Waals surface area contributed by atoms with Crippen molar-refractivity contribution < 1.29 is 21.9 Å². The third-order valence-electron chi connectivity index (χ3n) is 5.85. The number of aromatic nitrogens is 3. The lowest BCUT2D eigenvalue weighted by Gasteiger charge is -2.28. The Balaban J connectivity index is 2.06. The summed E-state index contributed by atoms with van der Waals surface area (Å²) >= 11 is 0. The van der Waals surface area contributed by atoms with Crippen LogP contribution in [0.3, 0.4) is 0 Å². The van der Waals surface area contributed by atoms with Gasteiger partial charge in [0.1, 0.15) is 6.10 Å². The van der Waals surface area contributed by atoms with Crippen LogP contribution in [0.25, 0.3) is 11.3 Å². The summed E-state index contributed by atoms with van der Waals surface area (Å²) in [7, 11) is -1.84. The van der Waals surface area contributed by atoms with Gasteiger partial charge in [-0.15, -0.1) is 0 Å². The van der Waals surface area contributed by atoms with Gasteiger partial charge in [-0.05, 0) is 52.2 Å². The minimum atomic E-state index is -3.46. The average molecular weight is 470 g/mol. The Bertz CT molecular complexity index is 1140. The third kappa shape index (κ3) is 5.33. The lowest BCUT2D eigenvalue weighted by atomic mass is 9.94. The number of nitrogens with zero attached hydrogens (tertiary/aromatic N) is 3. The monoisotopic (exact) mass is 469 g/mol. The Labute approximate surface area is 186 Å². The number of ether oxygens (including phenoxy) is 1. The molecule has 1 fully saturated rings. The van der Waals surface area contributed by atoms with Gasteiger partial charge < -0.3 is 9.30 Å². The van der Waals surface area contributed by atoms with E-state index in [0.717, 1.165) is 0 Å². The van der Waals surface area contributed by atoms with Gasteiger partial charge >= 0.3 is 6.01 Å². The standard InChI is InChI=1S/C22H29F2N3O4S/c1-13(2)32(29,30)12-18-15(4)19(16-10-14(3)20(28)27(5)11-16)26-21(25-18)31-17-6-8-22(23,24)9-7-17/h10-11,13,17H,6-9,12H2,1-5H3. The van der Waals surface area contributed by atoms with Crippen LogP contribution in [0.4, 0.5) is 8.78 Å². The van der Waals surface area contributed by atoms with Gasteiger partial charge in [0.2, 0.25) is 5.92 Å². The van der Waals surface area contributed by atoms with Crippen molar-refractivity contribution in [3.8, 4) is 17.3 Å². The van der Waals surface area contributed by atoms with E-state index in [-0.39, 0.29) is 43.0 Å². The highest BCUT2D eigenvalue weighted by atomic mass is 32.2. The fourth-order valence-electron chi connectivity index (χ4n) is 3.66. The molecule has 3 rings (SSSR count). The van der Waals surface area contributed by atoms with Crippen LogP contribution in [0, 0.1) is 13.8 Å². The van der Waals surface area contributed by atoms with Crippen LogP contribution in [0.15, 0.2) is 17.1 Å². The molecule has 1 aliphatic carbocycles. The molecule has 10 heteroatoms. The van der Waals surface area contributed by atoms with Crippen LogP contribution in [0.2, 0.25) is 0 Å². The summed E-state index contributed by atoms with van der Waals surface area (Å²) in [4.78, 5) is 21.0. The van der Waals surface area contributed by atoms with Crippen molar-refractivity contribution in [3.05, 3.63) is 39.4 Å². The zero-order chi connectivity index (χ0) is 23.8. The molecule has 1 saturated carbocycles. The highest BCUT2D eigenvalue weighted by Crippen LogP contribution is 2.35. The first-order valence-corrected chi connectivity index (χ1v) is 12.3. The van der Waals surface area contributed by atoms with Crippen molar-refractivity contribution in [2.24, 2.45) is 7.05 Å². The lowest BCUT2D eigenvalue weighted by Crippen LogP contribution is -2.31. The lowest BCUT2D eigenvalue weighted by molar-refractivity contribution is -0.0594. The molecule has 0 saturated heterocycles. The zero-order valence-corrected chi connectivity index (χ0v) is 19.8. The van der Waals surface area contributed by atoms with Crippen LogP contribution in [-0.2, 0) is 22.6 Å². The van der Waals surface area contributed by atoms with Crippen LogP contribution < -0.4 is 10.3 Å². The van der Waals surface area contributed by atoms with Crippen molar-refractivity contribution in [3.63, 3.8) is 0 Å². The Morgan fingerprint density at radius 2 is 1.84 bits per heavy atom. The molecule has 2 aromatic rings. The minimum absolute atomic E-state index is 0.0405. The molecule has 0 spiro atoms. The van der Waals surface area contributed by atoms with Gasteiger partial charge in [0.15, 0.2) is 9.84 Å². The molecule has 32 heavy (non-hydrogen) atoms. The van der Waals surface area contributed by atoms with E-state index in [4.69, 9.17) is 4.74 Å². The van der Waals surface area contributed by atoms with Gasteiger partial charge in [-0.3, -0.25) is 4.79 Å². The highest BCUT2D eigenvalue weighted by molar-refractivity contribution is 7.91. The second-order valence-electron chi connectivity index (χ2n) is 8.78. The average Bonchev–Trinajstić information content (AvgIpc) is 2.69. The number of alkyl halides is 2. The number of halogens is 2. The Morgan fingerprint density at radius 1 is 1.22 bits per heavy atom. The van der Waals surface area contributed by atoms with Gasteiger partial charge in [-0.1, -0.05) is 0 Å². The fourth-order valence-corrected chi connectivity index (χ4v) is 4.66. The maximum atomic E-state index is 13.5. The van der Waals surface area contributed by atoms with E-state index in [1.165, 1.54) is 4.57 Å². The number of sulfone groups is 1. The summed E-state index contributed by atoms with van der Waals surface area (Å²) < 4.78 is 59.5. The van der Waals surface area contributed by atoms with Gasteiger partial charge in [-0.2, -0.15) is 9.97 Å². The minimum Gasteiger partial charge on any atom is -0.460 e. The fraction of sp³-hybridized carbons (Fsp3) is 0.591. The van der Waals surface area contributed by atoms with E-state index in [1.54, 1.807) is 47.0 Å². The molecule has 0 radical (unpaired) electrons. The van der Waals surface area contributed by atoms with Crippen LogP contribution >= 0.6 is 0 Å². The molecular formula is C22H29F2N3O4S. The number of rotatable bonds is 6. The number of aryl methyl sites for hydroxylation is 2. The molecule has 0 N–H and O–H groups in total. The van der Waals surface area contributed by atoms with Gasteiger partial charge in [0.05, 0.1) is 22.4 Å². The van der Waals surface area contributed by atoms with E-state index in [0.29, 0.717) is 28.1 Å². The summed E-state index contributed by atoms with van der Waals surface area (Å²) in [5.74, 6) is -2.99. The summed E-state index contributed by atoms with van der Waals surface area (Å²) in [6.45, 7) is 6.61. The molecule has 7 nitrogen and oxygen atoms in total. The predicted molar refractivity (Wildman–Crippen MR) is 118 cm³/mol. The molecule has 0 bridgehead atoms. The molecule has 0 unspecified atom stereocenters. The number of hydrogen-bond donors (Lipinski definition) is 0. The van der Waals surface area contributed by atoms with Crippen molar-refractivity contribution in [1.29, 1.82) is 0 Å². The molecular weight excluding hydrogens is 440 g/mol. The molecule has 176 valence electrons. The number of hydrogen-bond acceptors (Lipinski definition) is 6. The molecule has 1 aliphatic rings. The third-order valence-corrected chi connectivity index (χ3v) is 7.97. The highest BCUT2D eigenvalue weighted by Gasteiger charge is 2.36. The maximum Gasteiger partial charge on any atom is 0.317 e. The smallest absolute Gasteiger partial charge is 0.317 e. The molecule has 0 amide bonds. The van der Waals surface area contributed by atoms with Gasteiger partial charge in [-0.25, -0.2) is 17.2 Å². The summed E-state index contributed by atoms with van der Waals surface area (Å²) in [5.41, 5.74) is 2.29. The Hall–Kier alpha value is -2.36. The molecule has 2 aromatic heterocycles. The van der Waals surface area contributed by atoms with E-state index >= 15 is 0 Å². The van der Waals surface area contributed by atoms with E-state index in [2.05, 4.69) is 9.97 Å². The van der Waals surface area contributed by atoms with Crippen LogP contribution in [-0.4, -0.2) is 40.2 Å². The summed E-state index contributed by atoms with van der Waals surface area (Å²) in [6, 6.07) is 1.64. The first kappa shape index (κ1) is 24.3. The maximum absolute atomic E-state index is 13.5. The molecule has 0 aliphatic heterocycles. The zero-order valence-electron chi connectivity index (χ0n) is 19.0. The van der Waals surface area contributed by atoms with E-state index < -0.39 is 27.1 Å². The quantitative estimate of drug-likeness (QED) is 0.640. The summed E-state index contributed by atoms with van der Waals surface area (Å²) in [6.07, 6.45) is 0.935. The van der Waals surface area contributed by atoms with Crippen molar-refractivity contribution in [2.75, 3.05) is 0 Å². The van der Waals surface area contributed by atoms with Crippen molar-refractivity contribution in [1.82, 2.24) is 14.5 Å². The molecule has 0 atom stereocenters. The normalized spacial score (nSPS) is 17.0. The van der Waals surface area contributed by atoms with E-state index in [1.807, 2.05) is 0 Å². The first-order valence-electron chi connectivity index (χ1n) is 10.6. The molecule has 2 heterocycles. The van der Waals surface area contributed by atoms with Crippen molar-refractivity contribution in [2.45, 2.75) is 76.4 Å². The predicted octanol–water partition coefficient (Wildman–Crippen LogP) is 3.74. The topological polar surface area (TPSA) is 91.2 Å². The van der Waals surface area contributed by atoms with Crippen LogP contribution in [0.1, 0.15) is 56.4 Å². The van der Waals surface area contributed by atoms with E-state index in [9.17, 15) is 22.0 Å². The second kappa shape index (κ2) is 8.88. The SMILES string of the molecule is Cc1c(CS(=O)(=O)C(C)C)nc(OC2CCC(F)(F)CC2)nc1-c1cc(C)c(=O)n(C)c1. The van der Waals surface area contributed by atoms with Gasteiger partial charge in [0, 0.05) is 37.2 Å². The second-order valence-corrected chi connectivity index (χ2v) is 11.3. The Kier molecular flexibility index (Phi) is 6.74. The van der Waals surface area contributed by atoms with Crippen molar-refractivity contribution >= 4 is 9.84 Å². The largest absolute Gasteiger partial charge is 0.460 e. The van der Waals surface area contributed by atoms with Gasteiger partial charge in [0.25, 0.3) is 5.56 Å². The first-order chi connectivity index (χ1) is 14.8. The summed E-state index contributed by atoms with van der Waals surface area (Å²) in [5, 5.41) is -0.593.